The van der Waals surface area contributed by atoms with Gasteiger partial charge in [-0.05, 0) is 5.56 Å². The summed E-state index contributed by atoms with van der Waals surface area (Å²) in [4.78, 5) is 23.3. The lowest BCUT2D eigenvalue weighted by atomic mass is 10.0. The minimum absolute atomic E-state index is 0.150. The lowest BCUT2D eigenvalue weighted by Gasteiger charge is -2.41. The fourth-order valence-electron chi connectivity index (χ4n) is 2.88. The number of imidazole rings is 1. The second-order valence-electron chi connectivity index (χ2n) is 5.44. The van der Waals surface area contributed by atoms with Gasteiger partial charge in [-0.25, -0.2) is 4.98 Å². The van der Waals surface area contributed by atoms with Crippen molar-refractivity contribution >= 4 is 5.91 Å². The van der Waals surface area contributed by atoms with Crippen molar-refractivity contribution in [1.82, 2.24) is 19.8 Å². The molecule has 2 aromatic rings. The molecule has 1 amide bonds. The van der Waals surface area contributed by atoms with E-state index >= 15 is 0 Å². The zero-order valence-electron chi connectivity index (χ0n) is 12.2. The quantitative estimate of drug-likeness (QED) is 0.935. The van der Waals surface area contributed by atoms with Crippen LogP contribution in [0.3, 0.4) is 0 Å². The molecule has 1 fully saturated rings. The van der Waals surface area contributed by atoms with E-state index in [2.05, 4.69) is 39.1 Å². The first-order chi connectivity index (χ1) is 10.2. The molecule has 0 aliphatic carbocycles. The van der Waals surface area contributed by atoms with Crippen molar-refractivity contribution in [3.8, 4) is 0 Å². The Morgan fingerprint density at radius 2 is 2.14 bits per heavy atom. The smallest absolute Gasteiger partial charge is 0.219 e. The number of hydrogen-bond acceptors (Lipinski definition) is 3. The van der Waals surface area contributed by atoms with Gasteiger partial charge in [0.25, 0.3) is 0 Å². The van der Waals surface area contributed by atoms with E-state index in [1.807, 2.05) is 17.2 Å². The number of aromatic amines is 1. The summed E-state index contributed by atoms with van der Waals surface area (Å²) in [7, 11) is 0. The third kappa shape index (κ3) is 3.13. The van der Waals surface area contributed by atoms with Crippen molar-refractivity contribution in [3.05, 3.63) is 54.1 Å². The Kier molecular flexibility index (Phi) is 4.01. The summed E-state index contributed by atoms with van der Waals surface area (Å²) in [5.74, 6) is 0.150. The Bertz CT molecular complexity index is 582. The highest BCUT2D eigenvalue weighted by Gasteiger charge is 2.29. The average Bonchev–Trinajstić information content (AvgIpc) is 3.01. The highest BCUT2D eigenvalue weighted by molar-refractivity contribution is 5.73. The van der Waals surface area contributed by atoms with E-state index in [4.69, 9.17) is 0 Å². The number of piperazine rings is 1. The summed E-state index contributed by atoms with van der Waals surface area (Å²) in [6.07, 6.45) is 3.57. The fourth-order valence-corrected chi connectivity index (χ4v) is 2.88. The maximum Gasteiger partial charge on any atom is 0.219 e. The molecule has 0 unspecified atom stereocenters. The molecule has 1 saturated heterocycles. The molecule has 1 N–H and O–H groups in total. The van der Waals surface area contributed by atoms with E-state index in [1.54, 1.807) is 13.3 Å². The van der Waals surface area contributed by atoms with Gasteiger partial charge in [0, 0.05) is 45.0 Å². The summed E-state index contributed by atoms with van der Waals surface area (Å²) in [5, 5.41) is 0. The van der Waals surface area contributed by atoms with Crippen LogP contribution < -0.4 is 0 Å². The molecule has 2 heterocycles. The van der Waals surface area contributed by atoms with Crippen molar-refractivity contribution in [2.45, 2.75) is 19.5 Å². The minimum atomic E-state index is 0.150. The number of H-pyrrole nitrogens is 1. The molecule has 1 aromatic carbocycles. The molecule has 0 spiro atoms. The molecule has 21 heavy (non-hydrogen) atoms. The molecule has 110 valence electrons. The number of benzene rings is 1. The largest absolute Gasteiger partial charge is 0.347 e. The number of amides is 1. The lowest BCUT2D eigenvalue weighted by molar-refractivity contribution is -0.132. The average molecular weight is 284 g/mol. The van der Waals surface area contributed by atoms with Crippen LogP contribution in [0.25, 0.3) is 0 Å². The number of nitrogens with zero attached hydrogens (tertiary/aromatic N) is 3. The number of carbonyl (C=O) groups is 1. The van der Waals surface area contributed by atoms with Gasteiger partial charge in [-0.15, -0.1) is 0 Å². The van der Waals surface area contributed by atoms with Crippen LogP contribution in [0.4, 0.5) is 0 Å². The van der Waals surface area contributed by atoms with Crippen LogP contribution >= 0.6 is 0 Å². The number of hydrogen-bond donors (Lipinski definition) is 1. The predicted octanol–water partition coefficient (Wildman–Crippen LogP) is 1.82. The Balaban J connectivity index is 1.82. The first-order valence-corrected chi connectivity index (χ1v) is 7.26. The third-order valence-electron chi connectivity index (χ3n) is 4.05. The van der Waals surface area contributed by atoms with Gasteiger partial charge in [-0.3, -0.25) is 9.69 Å². The Morgan fingerprint density at radius 1 is 1.33 bits per heavy atom. The van der Waals surface area contributed by atoms with E-state index in [-0.39, 0.29) is 11.9 Å². The molecule has 1 atom stereocenters. The van der Waals surface area contributed by atoms with Crippen LogP contribution in [0.1, 0.15) is 24.2 Å². The molecule has 0 saturated carbocycles. The molecular weight excluding hydrogens is 264 g/mol. The lowest BCUT2D eigenvalue weighted by Crippen LogP contribution is -2.49. The fraction of sp³-hybridized carbons (Fsp3) is 0.375. The van der Waals surface area contributed by atoms with E-state index in [9.17, 15) is 4.79 Å². The van der Waals surface area contributed by atoms with Gasteiger partial charge in [-0.1, -0.05) is 30.3 Å². The third-order valence-corrected chi connectivity index (χ3v) is 4.05. The normalized spacial score (nSPS) is 19.7. The number of rotatable bonds is 3. The van der Waals surface area contributed by atoms with Gasteiger partial charge >= 0.3 is 0 Å². The number of nitrogens with one attached hydrogen (secondary N) is 1. The monoisotopic (exact) mass is 284 g/mol. The molecule has 5 nitrogen and oxygen atoms in total. The minimum Gasteiger partial charge on any atom is -0.347 e. The van der Waals surface area contributed by atoms with Crippen LogP contribution in [0.15, 0.2) is 42.9 Å². The van der Waals surface area contributed by atoms with Gasteiger partial charge in [0.05, 0.1) is 12.4 Å². The molecule has 1 aromatic heterocycles. The Morgan fingerprint density at radius 3 is 2.81 bits per heavy atom. The van der Waals surface area contributed by atoms with Gasteiger partial charge in [-0.2, -0.15) is 0 Å². The summed E-state index contributed by atoms with van der Waals surface area (Å²) in [6.45, 7) is 4.87. The SMILES string of the molecule is CC(=O)N1CCN(Cc2cnc[nH]2)[C@H](c2ccccc2)C1. The molecule has 1 aliphatic heterocycles. The van der Waals surface area contributed by atoms with Gasteiger partial charge in [0.1, 0.15) is 0 Å². The summed E-state index contributed by atoms with van der Waals surface area (Å²) in [6, 6.07) is 10.6. The maximum absolute atomic E-state index is 11.7. The van der Waals surface area contributed by atoms with Crippen molar-refractivity contribution in [2.75, 3.05) is 19.6 Å². The van der Waals surface area contributed by atoms with Crippen LogP contribution in [0.2, 0.25) is 0 Å². The van der Waals surface area contributed by atoms with Crippen molar-refractivity contribution in [1.29, 1.82) is 0 Å². The maximum atomic E-state index is 11.7. The van der Waals surface area contributed by atoms with E-state index < -0.39 is 0 Å². The van der Waals surface area contributed by atoms with Gasteiger partial charge in [0.2, 0.25) is 5.91 Å². The predicted molar refractivity (Wildman–Crippen MR) is 80.4 cm³/mol. The molecule has 1 aliphatic rings. The van der Waals surface area contributed by atoms with Gasteiger partial charge in [0.15, 0.2) is 0 Å². The van der Waals surface area contributed by atoms with Crippen LogP contribution in [0, 0.1) is 0 Å². The molecule has 0 radical (unpaired) electrons. The van der Waals surface area contributed by atoms with Crippen molar-refractivity contribution in [3.63, 3.8) is 0 Å². The van der Waals surface area contributed by atoms with Crippen LogP contribution in [-0.4, -0.2) is 45.3 Å². The zero-order valence-corrected chi connectivity index (χ0v) is 12.2. The second-order valence-corrected chi connectivity index (χ2v) is 5.44. The molecule has 5 heteroatoms. The first-order valence-electron chi connectivity index (χ1n) is 7.26. The number of aromatic nitrogens is 2. The Hall–Kier alpha value is -2.14. The molecule has 0 bridgehead atoms. The standard InChI is InChI=1S/C16H20N4O/c1-13(21)19-7-8-20(10-15-9-17-12-18-15)16(11-19)14-5-3-2-4-6-14/h2-6,9,12,16H,7-8,10-11H2,1H3,(H,17,18)/t16-/m0/s1. The highest BCUT2D eigenvalue weighted by Crippen LogP contribution is 2.26. The Labute approximate surface area is 124 Å². The van der Waals surface area contributed by atoms with Crippen LogP contribution in [0.5, 0.6) is 0 Å². The van der Waals surface area contributed by atoms with E-state index in [0.717, 1.165) is 31.9 Å². The highest BCUT2D eigenvalue weighted by atomic mass is 16.2. The van der Waals surface area contributed by atoms with E-state index in [0.29, 0.717) is 0 Å². The summed E-state index contributed by atoms with van der Waals surface area (Å²) in [5.41, 5.74) is 2.36. The number of carbonyl (C=O) groups excluding carboxylic acids is 1. The van der Waals surface area contributed by atoms with Crippen molar-refractivity contribution < 1.29 is 4.79 Å². The van der Waals surface area contributed by atoms with Crippen LogP contribution in [-0.2, 0) is 11.3 Å². The van der Waals surface area contributed by atoms with Gasteiger partial charge < -0.3 is 9.88 Å². The zero-order chi connectivity index (χ0) is 14.7. The molecule has 3 rings (SSSR count). The second kappa shape index (κ2) is 6.10. The van der Waals surface area contributed by atoms with Crippen molar-refractivity contribution in [2.24, 2.45) is 0 Å². The van der Waals surface area contributed by atoms with E-state index in [1.165, 1.54) is 5.56 Å². The molecular formula is C16H20N4O. The topological polar surface area (TPSA) is 52.2 Å². The summed E-state index contributed by atoms with van der Waals surface area (Å²) < 4.78 is 0. The summed E-state index contributed by atoms with van der Waals surface area (Å²) >= 11 is 0. The first kappa shape index (κ1) is 13.8.